The van der Waals surface area contributed by atoms with Crippen LogP contribution in [0.3, 0.4) is 0 Å². The summed E-state index contributed by atoms with van der Waals surface area (Å²) in [5, 5.41) is 0. The minimum atomic E-state index is -0.454. The molecular formula is C73H70N4O8. The van der Waals surface area contributed by atoms with Crippen LogP contribution in [-0.2, 0) is 57.6 Å². The number of hydrogen-bond donors (Lipinski definition) is 0. The van der Waals surface area contributed by atoms with Gasteiger partial charge in [0.15, 0.2) is 0 Å². The molecule has 12 heteroatoms. The van der Waals surface area contributed by atoms with Crippen molar-refractivity contribution >= 4 is 88.2 Å². The fraction of sp³-hybridized carbons (Fsp3) is 0.233. The van der Waals surface area contributed by atoms with Crippen molar-refractivity contribution in [2.45, 2.75) is 59.3 Å². The highest BCUT2D eigenvalue weighted by Crippen LogP contribution is 2.55. The van der Waals surface area contributed by atoms with Crippen LogP contribution in [0.25, 0.3) is 18.2 Å². The van der Waals surface area contributed by atoms with E-state index < -0.39 is 23.6 Å². The second-order valence-electron chi connectivity index (χ2n) is 21.7. The van der Waals surface area contributed by atoms with Gasteiger partial charge in [-0.3, -0.25) is 38.4 Å². The predicted octanol–water partition coefficient (Wildman–Crippen LogP) is 13.0. The number of amides is 8. The van der Waals surface area contributed by atoms with E-state index in [1.54, 1.807) is 42.5 Å². The van der Waals surface area contributed by atoms with Crippen LogP contribution in [0, 0.1) is 47.3 Å². The van der Waals surface area contributed by atoms with Crippen molar-refractivity contribution in [2.24, 2.45) is 47.3 Å². The van der Waals surface area contributed by atoms with Crippen LogP contribution < -0.4 is 19.6 Å². The Labute approximate surface area is 497 Å². The summed E-state index contributed by atoms with van der Waals surface area (Å²) >= 11 is 0. The lowest BCUT2D eigenvalue weighted by atomic mass is 9.85. The zero-order valence-electron chi connectivity index (χ0n) is 48.2. The van der Waals surface area contributed by atoms with E-state index >= 15 is 0 Å². The van der Waals surface area contributed by atoms with Crippen molar-refractivity contribution in [2.75, 3.05) is 19.6 Å². The molecule has 0 aromatic heterocycles. The van der Waals surface area contributed by atoms with E-state index in [1.165, 1.54) is 73.6 Å². The van der Waals surface area contributed by atoms with Crippen LogP contribution in [0.2, 0.25) is 0 Å². The molecule has 85 heavy (non-hydrogen) atoms. The van der Waals surface area contributed by atoms with Gasteiger partial charge in [0.25, 0.3) is 23.6 Å². The van der Waals surface area contributed by atoms with Crippen LogP contribution in [0.4, 0.5) is 22.7 Å². The van der Waals surface area contributed by atoms with Crippen LogP contribution in [0.1, 0.15) is 73.4 Å². The molecule has 4 aliphatic heterocycles. The van der Waals surface area contributed by atoms with Gasteiger partial charge in [0.1, 0.15) is 0 Å². The third kappa shape index (κ3) is 12.9. The Kier molecular flexibility index (Phi) is 19.1. The fourth-order valence-corrected chi connectivity index (χ4v) is 12.2. The van der Waals surface area contributed by atoms with Gasteiger partial charge in [-0.2, -0.15) is 0 Å². The molecule has 0 N–H and O–H groups in total. The Morgan fingerprint density at radius 2 is 0.635 bits per heavy atom. The van der Waals surface area contributed by atoms with E-state index in [4.69, 9.17) is 0 Å². The summed E-state index contributed by atoms with van der Waals surface area (Å²) in [7, 11) is 0. The summed E-state index contributed by atoms with van der Waals surface area (Å²) in [6, 6.07) is 38.3. The van der Waals surface area contributed by atoms with Crippen molar-refractivity contribution in [3.63, 3.8) is 0 Å². The molecule has 8 atom stereocenters. The summed E-state index contributed by atoms with van der Waals surface area (Å²) < 4.78 is 0. The van der Waals surface area contributed by atoms with E-state index in [-0.39, 0.29) is 71.0 Å². The lowest BCUT2D eigenvalue weighted by Gasteiger charge is -2.21. The summed E-state index contributed by atoms with van der Waals surface area (Å²) in [5.74, 6) is -2.94. The van der Waals surface area contributed by atoms with E-state index in [2.05, 4.69) is 162 Å². The number of carbonyl (C=O) groups excluding carboxylic acids is 8. The lowest BCUT2D eigenvalue weighted by Crippen LogP contribution is -2.34. The number of anilines is 4. The summed E-state index contributed by atoms with van der Waals surface area (Å²) in [4.78, 5) is 103. The molecule has 5 aromatic rings. The van der Waals surface area contributed by atoms with Gasteiger partial charge in [-0.25, -0.2) is 19.6 Å². The molecule has 8 unspecified atom stereocenters. The molecule has 430 valence electrons. The van der Waals surface area contributed by atoms with Gasteiger partial charge in [0.2, 0.25) is 23.6 Å². The molecule has 5 aromatic carbocycles. The second-order valence-corrected chi connectivity index (χ2v) is 21.7. The Morgan fingerprint density at radius 1 is 0.376 bits per heavy atom. The van der Waals surface area contributed by atoms with E-state index in [0.717, 1.165) is 48.3 Å². The molecule has 0 radical (unpaired) electrons. The summed E-state index contributed by atoms with van der Waals surface area (Å²) in [6.45, 7) is 17.5. The first-order chi connectivity index (χ1) is 41.2. The van der Waals surface area contributed by atoms with Crippen molar-refractivity contribution in [1.82, 2.24) is 0 Å². The number of fused-ring (bicyclic) bond motifs is 10. The molecule has 14 rings (SSSR count). The van der Waals surface area contributed by atoms with Crippen LogP contribution in [-0.4, -0.2) is 47.3 Å². The first kappa shape index (κ1) is 59.9. The lowest BCUT2D eigenvalue weighted by molar-refractivity contribution is -0.124. The van der Waals surface area contributed by atoms with E-state index in [0.29, 0.717) is 22.7 Å². The molecule has 0 spiro atoms. The van der Waals surface area contributed by atoms with Gasteiger partial charge < -0.3 is 0 Å². The number of imide groups is 4. The topological polar surface area (TPSA) is 150 Å². The number of hydrogen-bond acceptors (Lipinski definition) is 8. The third-order valence-corrected chi connectivity index (χ3v) is 16.8. The molecule has 2 saturated heterocycles. The maximum atomic E-state index is 13.1. The number of rotatable bonds is 10. The van der Waals surface area contributed by atoms with Crippen molar-refractivity contribution in [3.05, 3.63) is 247 Å². The minimum absolute atomic E-state index is 0.147. The average molecular weight is 1130 g/mol. The molecule has 5 aliphatic carbocycles. The molecule has 2 saturated carbocycles. The quantitative estimate of drug-likeness (QED) is 0.0991. The Balaban J connectivity index is 0.000000135. The van der Waals surface area contributed by atoms with Gasteiger partial charge >= 0.3 is 0 Å². The van der Waals surface area contributed by atoms with Crippen molar-refractivity contribution in [3.8, 4) is 0 Å². The fourth-order valence-electron chi connectivity index (χ4n) is 12.2. The molecule has 4 heterocycles. The van der Waals surface area contributed by atoms with Crippen molar-refractivity contribution in [1.29, 1.82) is 0 Å². The third-order valence-electron chi connectivity index (χ3n) is 16.8. The molecule has 4 fully saturated rings. The van der Waals surface area contributed by atoms with E-state index in [1.807, 2.05) is 18.2 Å². The van der Waals surface area contributed by atoms with Crippen LogP contribution in [0.15, 0.2) is 214 Å². The zero-order valence-corrected chi connectivity index (χ0v) is 48.2. The summed E-state index contributed by atoms with van der Waals surface area (Å²) in [6.07, 6.45) is 33.1. The highest BCUT2D eigenvalue weighted by molar-refractivity contribution is 6.30. The standard InChI is InChI=1S/C24H20N2O4.C14H8N2O4.3C10H12.C5H6/c27-21-17-11-4-5-12(8-11)18(17)22(28)25(21)15-2-1-3-16(10-15)26-23(29)19-13-6-7-14(9-13)20(19)24(26)30;17-11-4-5-12(18)15(11)9-2-1-3-10(8-9)16-13(19)6-7-14(16)20;3*1-3-9-5-7-10(4-2)8-6-9;1-2-4-5-3-1/h1-7,10-14,17-20H,8-9H2;1-8H;3*3,5-8H,1,4H2,2H3;1-4H,5H2. The van der Waals surface area contributed by atoms with Gasteiger partial charge in [-0.15, -0.1) is 0 Å². The first-order valence-electron chi connectivity index (χ1n) is 29.1. The highest BCUT2D eigenvalue weighted by atomic mass is 16.2. The summed E-state index contributed by atoms with van der Waals surface area (Å²) in [5.41, 5.74) is 9.25. The van der Waals surface area contributed by atoms with Gasteiger partial charge in [-0.1, -0.05) is 192 Å². The molecule has 9 aliphatic rings. The van der Waals surface area contributed by atoms with Gasteiger partial charge in [0, 0.05) is 24.3 Å². The highest BCUT2D eigenvalue weighted by Gasteiger charge is 2.61. The Bertz CT molecular complexity index is 3250. The minimum Gasteiger partial charge on any atom is -0.274 e. The number of aryl methyl sites for hydroxylation is 3. The smallest absolute Gasteiger partial charge is 0.258 e. The monoisotopic (exact) mass is 1130 g/mol. The predicted molar refractivity (Wildman–Crippen MR) is 337 cm³/mol. The Morgan fingerprint density at radius 3 is 0.859 bits per heavy atom. The Hall–Kier alpha value is -9.68. The van der Waals surface area contributed by atoms with Crippen LogP contribution >= 0.6 is 0 Å². The number of allylic oxidation sites excluding steroid dienone is 8. The van der Waals surface area contributed by atoms with Gasteiger partial charge in [-0.05, 0) is 132 Å². The molecule has 4 bridgehead atoms. The largest absolute Gasteiger partial charge is 0.274 e. The van der Waals surface area contributed by atoms with Crippen LogP contribution in [0.5, 0.6) is 0 Å². The molecule has 12 nitrogen and oxygen atoms in total. The van der Waals surface area contributed by atoms with Gasteiger partial charge in [0.05, 0.1) is 46.4 Å². The zero-order chi connectivity index (χ0) is 60.3. The maximum Gasteiger partial charge on any atom is 0.258 e. The normalized spacial score (nSPS) is 23.4. The maximum absolute atomic E-state index is 13.1. The SMILES string of the molecule is C1=CCC=C1.C=Cc1ccc(CC)cc1.C=Cc1ccc(CC)cc1.C=Cc1ccc(CC)cc1.O=C1C2C3C=CC(C3)C2C(=O)N1c1cccc(N2C(=O)C3C4C=CC(C4)C3C2=O)c1.O=C1C=CC(=O)N1c1cccc(N2C(=O)C=CC2=O)c1. The average Bonchev–Trinajstić information content (AvgIpc) is 2.00. The molecular weight excluding hydrogens is 1060 g/mol. The number of benzene rings is 5. The first-order valence-corrected chi connectivity index (χ1v) is 29.1. The number of nitrogens with zero attached hydrogens (tertiary/aromatic N) is 4. The number of carbonyl (C=O) groups is 8. The molecule has 8 amide bonds. The van der Waals surface area contributed by atoms with Crippen molar-refractivity contribution < 1.29 is 38.4 Å². The second kappa shape index (κ2) is 27.1. The van der Waals surface area contributed by atoms with E-state index in [9.17, 15) is 38.4 Å².